The molecule has 2 aromatic rings. The molecule has 0 saturated heterocycles. The van der Waals surface area contributed by atoms with Crippen LogP contribution in [0.4, 0.5) is 11.5 Å². The molecule has 1 heterocycles. The number of nitro benzene ring substituents is 1. The van der Waals surface area contributed by atoms with Crippen LogP contribution in [0.1, 0.15) is 0 Å². The third-order valence-electron chi connectivity index (χ3n) is 2.30. The molecule has 0 atom stereocenters. The van der Waals surface area contributed by atoms with Gasteiger partial charge < -0.3 is 14.9 Å². The largest absolute Gasteiger partial charge is 0.434 e. The van der Waals surface area contributed by atoms with E-state index < -0.39 is 15.7 Å². The molecule has 0 aliphatic heterocycles. The summed E-state index contributed by atoms with van der Waals surface area (Å²) in [5, 5.41) is 21.2. The SMILES string of the molecule is Cn1cnc([N+](=O)[O-])c1Oc1ccc([N+](=O)[O-])cc1. The average Bonchev–Trinajstić information content (AvgIpc) is 2.72. The Morgan fingerprint density at radius 3 is 2.32 bits per heavy atom. The van der Waals surface area contributed by atoms with Crippen LogP contribution >= 0.6 is 0 Å². The summed E-state index contributed by atoms with van der Waals surface area (Å²) in [6.07, 6.45) is 1.25. The van der Waals surface area contributed by atoms with Crippen LogP contribution in [-0.2, 0) is 7.05 Å². The monoisotopic (exact) mass is 264 g/mol. The van der Waals surface area contributed by atoms with E-state index in [1.807, 2.05) is 0 Å². The number of nitro groups is 2. The van der Waals surface area contributed by atoms with Gasteiger partial charge in [-0.3, -0.25) is 14.7 Å². The number of aryl methyl sites for hydroxylation is 1. The second-order valence-electron chi connectivity index (χ2n) is 3.59. The number of aromatic nitrogens is 2. The Labute approximate surface area is 106 Å². The lowest BCUT2D eigenvalue weighted by Gasteiger charge is -2.04. The van der Waals surface area contributed by atoms with Crippen LogP contribution in [0.15, 0.2) is 30.6 Å². The van der Waals surface area contributed by atoms with Gasteiger partial charge in [0, 0.05) is 19.2 Å². The minimum atomic E-state index is -0.666. The first-order chi connectivity index (χ1) is 8.99. The van der Waals surface area contributed by atoms with Gasteiger partial charge in [-0.25, -0.2) is 0 Å². The molecule has 9 heteroatoms. The number of rotatable bonds is 4. The molecule has 19 heavy (non-hydrogen) atoms. The smallest absolute Gasteiger partial charge is 0.427 e. The minimum Gasteiger partial charge on any atom is -0.434 e. The molecular formula is C10H8N4O5. The maximum atomic E-state index is 10.7. The summed E-state index contributed by atoms with van der Waals surface area (Å²) in [5.41, 5.74) is -0.0909. The Morgan fingerprint density at radius 1 is 1.16 bits per heavy atom. The van der Waals surface area contributed by atoms with Crippen LogP contribution in [0.2, 0.25) is 0 Å². The number of nitrogens with zero attached hydrogens (tertiary/aromatic N) is 4. The van der Waals surface area contributed by atoms with E-state index in [2.05, 4.69) is 4.98 Å². The molecule has 0 aliphatic carbocycles. The quantitative estimate of drug-likeness (QED) is 0.616. The molecular weight excluding hydrogens is 256 g/mol. The van der Waals surface area contributed by atoms with Crippen LogP contribution in [0.5, 0.6) is 11.6 Å². The van der Waals surface area contributed by atoms with Crippen molar-refractivity contribution in [1.29, 1.82) is 0 Å². The highest BCUT2D eigenvalue weighted by Gasteiger charge is 2.22. The highest BCUT2D eigenvalue weighted by Crippen LogP contribution is 2.30. The van der Waals surface area contributed by atoms with E-state index in [9.17, 15) is 20.2 Å². The Balaban J connectivity index is 2.28. The van der Waals surface area contributed by atoms with Crippen LogP contribution < -0.4 is 4.74 Å². The summed E-state index contributed by atoms with van der Waals surface area (Å²) in [5.74, 6) is -0.211. The van der Waals surface area contributed by atoms with Gasteiger partial charge in [0.15, 0.2) is 0 Å². The molecule has 0 spiro atoms. The van der Waals surface area contributed by atoms with Crippen LogP contribution in [-0.4, -0.2) is 19.4 Å². The first-order valence-electron chi connectivity index (χ1n) is 5.07. The van der Waals surface area contributed by atoms with Crippen molar-refractivity contribution in [3.63, 3.8) is 0 Å². The van der Waals surface area contributed by atoms with Gasteiger partial charge in [-0.2, -0.15) is 0 Å². The lowest BCUT2D eigenvalue weighted by atomic mass is 10.3. The molecule has 0 amide bonds. The maximum absolute atomic E-state index is 10.7. The summed E-state index contributed by atoms with van der Waals surface area (Å²) in [4.78, 5) is 23.6. The second-order valence-corrected chi connectivity index (χ2v) is 3.59. The lowest BCUT2D eigenvalue weighted by Crippen LogP contribution is -1.96. The van der Waals surface area contributed by atoms with Gasteiger partial charge in [-0.15, -0.1) is 0 Å². The number of ether oxygens (including phenoxy) is 1. The highest BCUT2D eigenvalue weighted by atomic mass is 16.6. The number of imidazole rings is 1. The summed E-state index contributed by atoms with van der Waals surface area (Å²) in [6, 6.07) is 5.21. The normalized spacial score (nSPS) is 10.2. The molecule has 0 saturated carbocycles. The lowest BCUT2D eigenvalue weighted by molar-refractivity contribution is -0.390. The van der Waals surface area contributed by atoms with Gasteiger partial charge in [-0.05, 0) is 22.0 Å². The minimum absolute atomic E-state index is 0.0427. The number of hydrogen-bond donors (Lipinski definition) is 0. The van der Waals surface area contributed by atoms with Gasteiger partial charge in [0.1, 0.15) is 5.75 Å². The molecule has 0 N–H and O–H groups in total. The molecule has 9 nitrogen and oxygen atoms in total. The molecule has 1 aromatic heterocycles. The van der Waals surface area contributed by atoms with Gasteiger partial charge in [-0.1, -0.05) is 0 Å². The predicted molar refractivity (Wildman–Crippen MR) is 63.0 cm³/mol. The summed E-state index contributed by atoms with van der Waals surface area (Å²) in [6.45, 7) is 0. The van der Waals surface area contributed by atoms with E-state index in [0.29, 0.717) is 0 Å². The zero-order valence-electron chi connectivity index (χ0n) is 9.72. The van der Waals surface area contributed by atoms with Crippen LogP contribution in [0, 0.1) is 20.2 Å². The first kappa shape index (κ1) is 12.5. The van der Waals surface area contributed by atoms with E-state index >= 15 is 0 Å². The van der Waals surface area contributed by atoms with Gasteiger partial charge in [0.25, 0.3) is 5.69 Å². The van der Waals surface area contributed by atoms with Crippen molar-refractivity contribution in [2.75, 3.05) is 0 Å². The summed E-state index contributed by atoms with van der Waals surface area (Å²) < 4.78 is 6.66. The van der Waals surface area contributed by atoms with Crippen molar-refractivity contribution in [2.45, 2.75) is 0 Å². The van der Waals surface area contributed by atoms with Crippen molar-refractivity contribution in [3.8, 4) is 11.6 Å². The van der Waals surface area contributed by atoms with Crippen LogP contribution in [0.3, 0.4) is 0 Å². The molecule has 1 aromatic carbocycles. The summed E-state index contributed by atoms with van der Waals surface area (Å²) >= 11 is 0. The molecule has 0 radical (unpaired) electrons. The number of hydrogen-bond acceptors (Lipinski definition) is 6. The van der Waals surface area contributed by atoms with Crippen molar-refractivity contribution in [1.82, 2.24) is 9.55 Å². The van der Waals surface area contributed by atoms with Gasteiger partial charge in [0.2, 0.25) is 6.33 Å². The van der Waals surface area contributed by atoms with Crippen molar-refractivity contribution >= 4 is 11.5 Å². The van der Waals surface area contributed by atoms with Gasteiger partial charge >= 0.3 is 11.7 Å². The van der Waals surface area contributed by atoms with Crippen molar-refractivity contribution < 1.29 is 14.6 Å². The molecule has 0 unspecified atom stereocenters. The fraction of sp³-hybridized carbons (Fsp3) is 0.100. The van der Waals surface area contributed by atoms with E-state index in [1.54, 1.807) is 7.05 Å². The van der Waals surface area contributed by atoms with Crippen LogP contribution in [0.25, 0.3) is 0 Å². The molecule has 98 valence electrons. The average molecular weight is 264 g/mol. The second kappa shape index (κ2) is 4.72. The Hall–Kier alpha value is -2.97. The number of non-ortho nitro benzene ring substituents is 1. The predicted octanol–water partition coefficient (Wildman–Crippen LogP) is 2.03. The van der Waals surface area contributed by atoms with Crippen molar-refractivity contribution in [2.24, 2.45) is 7.05 Å². The standard InChI is InChI=1S/C10H8N4O5/c1-12-6-11-9(14(17)18)10(12)19-8-4-2-7(3-5-8)13(15)16/h2-6H,1H3. The summed E-state index contributed by atoms with van der Waals surface area (Å²) in [7, 11) is 1.54. The molecule has 2 rings (SSSR count). The Bertz CT molecular complexity index is 634. The maximum Gasteiger partial charge on any atom is 0.427 e. The molecule has 0 fully saturated rings. The zero-order chi connectivity index (χ0) is 14.0. The van der Waals surface area contributed by atoms with E-state index in [4.69, 9.17) is 4.74 Å². The third-order valence-corrected chi connectivity index (χ3v) is 2.30. The molecule has 0 bridgehead atoms. The Kier molecular flexibility index (Phi) is 3.10. The van der Waals surface area contributed by atoms with E-state index in [0.717, 1.165) is 0 Å². The Morgan fingerprint density at radius 2 is 1.79 bits per heavy atom. The topological polar surface area (TPSA) is 113 Å². The number of benzene rings is 1. The van der Waals surface area contributed by atoms with E-state index in [-0.39, 0.29) is 17.3 Å². The fourth-order valence-corrected chi connectivity index (χ4v) is 1.40. The first-order valence-corrected chi connectivity index (χ1v) is 5.07. The fourth-order valence-electron chi connectivity index (χ4n) is 1.40. The highest BCUT2D eigenvalue weighted by molar-refractivity contribution is 5.41. The zero-order valence-corrected chi connectivity index (χ0v) is 9.72. The van der Waals surface area contributed by atoms with E-state index in [1.165, 1.54) is 35.2 Å². The van der Waals surface area contributed by atoms with Crippen molar-refractivity contribution in [3.05, 3.63) is 50.8 Å². The van der Waals surface area contributed by atoms with Gasteiger partial charge in [0.05, 0.1) is 4.92 Å². The molecule has 0 aliphatic rings. The third kappa shape index (κ3) is 2.49.